The summed E-state index contributed by atoms with van der Waals surface area (Å²) in [6.45, 7) is 6.47. The van der Waals surface area contributed by atoms with Crippen LogP contribution < -0.4 is 0 Å². The van der Waals surface area contributed by atoms with Gasteiger partial charge in [-0.15, -0.1) is 0 Å². The van der Waals surface area contributed by atoms with Crippen molar-refractivity contribution in [1.82, 2.24) is 24.7 Å². The first kappa shape index (κ1) is 16.3. The molecule has 0 spiro atoms. The van der Waals surface area contributed by atoms with Crippen molar-refractivity contribution in [1.29, 1.82) is 0 Å². The molecule has 2 aromatic rings. The van der Waals surface area contributed by atoms with E-state index in [1.165, 1.54) is 5.56 Å². The molecule has 0 N–H and O–H groups in total. The van der Waals surface area contributed by atoms with E-state index in [4.69, 9.17) is 9.26 Å². The molecule has 2 aliphatic rings. The van der Waals surface area contributed by atoms with E-state index in [0.717, 1.165) is 25.3 Å². The fraction of sp³-hybridized carbons (Fsp3) is 0.588. The zero-order chi connectivity index (χ0) is 17.4. The van der Waals surface area contributed by atoms with Crippen LogP contribution in [0.1, 0.15) is 21.8 Å². The Balaban J connectivity index is 1.41. The average Bonchev–Trinajstić information content (AvgIpc) is 3.26. The molecule has 1 amide bonds. The molecule has 4 heterocycles. The second-order valence-electron chi connectivity index (χ2n) is 6.97. The van der Waals surface area contributed by atoms with Crippen molar-refractivity contribution in [3.63, 3.8) is 0 Å². The quantitative estimate of drug-likeness (QED) is 0.815. The molecular weight excluding hydrogens is 322 g/mol. The van der Waals surface area contributed by atoms with Gasteiger partial charge in [0.15, 0.2) is 0 Å². The van der Waals surface area contributed by atoms with Gasteiger partial charge in [0.1, 0.15) is 0 Å². The monoisotopic (exact) mass is 345 g/mol. The zero-order valence-electron chi connectivity index (χ0n) is 14.6. The van der Waals surface area contributed by atoms with Crippen LogP contribution in [0.2, 0.25) is 0 Å². The van der Waals surface area contributed by atoms with E-state index >= 15 is 0 Å². The number of amides is 1. The van der Waals surface area contributed by atoms with Crippen molar-refractivity contribution in [2.75, 3.05) is 32.8 Å². The molecule has 134 valence electrons. The van der Waals surface area contributed by atoms with Crippen LogP contribution in [0.5, 0.6) is 0 Å². The lowest BCUT2D eigenvalue weighted by Crippen LogP contribution is -2.33. The number of aromatic nitrogens is 3. The lowest BCUT2D eigenvalue weighted by atomic mass is 10.1. The predicted molar refractivity (Wildman–Crippen MR) is 88.9 cm³/mol. The zero-order valence-corrected chi connectivity index (χ0v) is 14.6. The van der Waals surface area contributed by atoms with Crippen molar-refractivity contribution in [2.45, 2.75) is 19.6 Å². The van der Waals surface area contributed by atoms with Crippen LogP contribution >= 0.6 is 0 Å². The van der Waals surface area contributed by atoms with Gasteiger partial charge in [-0.05, 0) is 6.92 Å². The van der Waals surface area contributed by atoms with E-state index in [0.29, 0.717) is 31.4 Å². The van der Waals surface area contributed by atoms with Gasteiger partial charge in [0.2, 0.25) is 5.76 Å². The maximum absolute atomic E-state index is 12.6. The summed E-state index contributed by atoms with van der Waals surface area (Å²) in [5, 5.41) is 8.04. The molecule has 2 aromatic heterocycles. The first-order valence-corrected chi connectivity index (χ1v) is 8.62. The number of nitrogens with zero attached hydrogens (tertiary/aromatic N) is 5. The van der Waals surface area contributed by atoms with Gasteiger partial charge in [0.05, 0.1) is 24.6 Å². The van der Waals surface area contributed by atoms with Crippen molar-refractivity contribution in [3.05, 3.63) is 35.5 Å². The number of carbonyl (C=O) groups is 1. The Morgan fingerprint density at radius 2 is 2.24 bits per heavy atom. The minimum atomic E-state index is -0.101. The number of fused-ring (bicyclic) bond motifs is 1. The number of ether oxygens (including phenoxy) is 1. The largest absolute Gasteiger partial charge is 0.375 e. The van der Waals surface area contributed by atoms with Crippen molar-refractivity contribution < 1.29 is 14.1 Å². The molecule has 4 rings (SSSR count). The van der Waals surface area contributed by atoms with Crippen LogP contribution in [0, 0.1) is 12.8 Å². The SMILES string of the molecule is Cc1cc(C(=O)N2C[C@H]3CN(Cc4cnn(C)c4)CCO[C@H]3C2)on1. The van der Waals surface area contributed by atoms with Crippen LogP contribution in [0.25, 0.3) is 0 Å². The molecule has 0 unspecified atom stereocenters. The summed E-state index contributed by atoms with van der Waals surface area (Å²) in [6.07, 6.45) is 4.03. The second kappa shape index (κ2) is 6.61. The van der Waals surface area contributed by atoms with Gasteiger partial charge >= 0.3 is 0 Å². The van der Waals surface area contributed by atoms with Gasteiger partial charge in [0, 0.05) is 63.5 Å². The Morgan fingerprint density at radius 3 is 2.96 bits per heavy atom. The fourth-order valence-electron chi connectivity index (χ4n) is 3.70. The molecule has 2 atom stereocenters. The molecule has 0 aromatic carbocycles. The van der Waals surface area contributed by atoms with Gasteiger partial charge < -0.3 is 14.2 Å². The standard InChI is InChI=1S/C17H23N5O3/c1-12-5-15(25-19-12)17(23)22-10-14-9-21(3-4-24-16(14)11-22)8-13-6-18-20(2)7-13/h5-7,14,16H,3-4,8-11H2,1-2H3/t14-,16+/m1/s1. The highest BCUT2D eigenvalue weighted by Crippen LogP contribution is 2.26. The molecule has 25 heavy (non-hydrogen) atoms. The average molecular weight is 345 g/mol. The van der Waals surface area contributed by atoms with E-state index in [1.807, 2.05) is 35.9 Å². The normalized spacial score (nSPS) is 24.3. The number of aryl methyl sites for hydroxylation is 2. The summed E-state index contributed by atoms with van der Waals surface area (Å²) in [5.41, 5.74) is 1.92. The van der Waals surface area contributed by atoms with E-state index in [-0.39, 0.29) is 12.0 Å². The molecule has 8 nitrogen and oxygen atoms in total. The fourth-order valence-corrected chi connectivity index (χ4v) is 3.70. The van der Waals surface area contributed by atoms with E-state index in [2.05, 4.69) is 15.2 Å². The van der Waals surface area contributed by atoms with Crippen LogP contribution in [-0.4, -0.2) is 69.5 Å². The Kier molecular flexibility index (Phi) is 4.30. The number of likely N-dealkylation sites (tertiary alicyclic amines) is 1. The van der Waals surface area contributed by atoms with Crippen molar-refractivity contribution in [2.24, 2.45) is 13.0 Å². The van der Waals surface area contributed by atoms with E-state index in [9.17, 15) is 4.79 Å². The summed E-state index contributed by atoms with van der Waals surface area (Å²) in [6, 6.07) is 1.69. The highest BCUT2D eigenvalue weighted by Gasteiger charge is 2.39. The molecule has 8 heteroatoms. The number of rotatable bonds is 3. The second-order valence-corrected chi connectivity index (χ2v) is 6.97. The molecule has 0 aliphatic carbocycles. The van der Waals surface area contributed by atoms with Crippen LogP contribution in [0.15, 0.2) is 23.0 Å². The summed E-state index contributed by atoms with van der Waals surface area (Å²) in [5.74, 6) is 0.518. The Labute approximate surface area is 146 Å². The maximum Gasteiger partial charge on any atom is 0.292 e. The Hall–Kier alpha value is -2.19. The van der Waals surface area contributed by atoms with Crippen molar-refractivity contribution >= 4 is 5.91 Å². The predicted octanol–water partition coefficient (Wildman–Crippen LogP) is 0.690. The Bertz CT molecular complexity index is 755. The molecule has 2 aliphatic heterocycles. The van der Waals surface area contributed by atoms with Crippen LogP contribution in [-0.2, 0) is 18.3 Å². The summed E-state index contributed by atoms with van der Waals surface area (Å²) < 4.78 is 13.0. The molecular formula is C17H23N5O3. The van der Waals surface area contributed by atoms with Gasteiger partial charge in [0.25, 0.3) is 5.91 Å². The summed E-state index contributed by atoms with van der Waals surface area (Å²) in [4.78, 5) is 16.8. The molecule has 2 fully saturated rings. The molecule has 0 bridgehead atoms. The first-order chi connectivity index (χ1) is 12.1. The maximum atomic E-state index is 12.6. The number of carbonyl (C=O) groups excluding carboxylic acids is 1. The third kappa shape index (κ3) is 3.45. The van der Waals surface area contributed by atoms with Crippen LogP contribution in [0.4, 0.5) is 0 Å². The molecule has 0 radical (unpaired) electrons. The minimum Gasteiger partial charge on any atom is -0.375 e. The minimum absolute atomic E-state index is 0.0897. The lowest BCUT2D eigenvalue weighted by Gasteiger charge is -2.22. The van der Waals surface area contributed by atoms with E-state index in [1.54, 1.807) is 6.07 Å². The van der Waals surface area contributed by atoms with Gasteiger partial charge in [-0.1, -0.05) is 5.16 Å². The third-order valence-corrected chi connectivity index (χ3v) is 4.90. The number of hydrogen-bond acceptors (Lipinski definition) is 6. The van der Waals surface area contributed by atoms with Gasteiger partial charge in [-0.2, -0.15) is 5.10 Å². The third-order valence-electron chi connectivity index (χ3n) is 4.90. The summed E-state index contributed by atoms with van der Waals surface area (Å²) in [7, 11) is 1.93. The Morgan fingerprint density at radius 1 is 1.36 bits per heavy atom. The highest BCUT2D eigenvalue weighted by molar-refractivity contribution is 5.91. The van der Waals surface area contributed by atoms with E-state index < -0.39 is 0 Å². The number of hydrogen-bond donors (Lipinski definition) is 0. The van der Waals surface area contributed by atoms with Crippen molar-refractivity contribution in [3.8, 4) is 0 Å². The molecule has 2 saturated heterocycles. The first-order valence-electron chi connectivity index (χ1n) is 8.62. The summed E-state index contributed by atoms with van der Waals surface area (Å²) >= 11 is 0. The highest BCUT2D eigenvalue weighted by atomic mass is 16.5. The van der Waals surface area contributed by atoms with Gasteiger partial charge in [-0.3, -0.25) is 14.4 Å². The van der Waals surface area contributed by atoms with Crippen LogP contribution in [0.3, 0.4) is 0 Å². The smallest absolute Gasteiger partial charge is 0.292 e. The topological polar surface area (TPSA) is 76.6 Å². The lowest BCUT2D eigenvalue weighted by molar-refractivity contribution is 0.0474. The molecule has 0 saturated carbocycles. The van der Waals surface area contributed by atoms with Gasteiger partial charge in [-0.25, -0.2) is 0 Å².